The van der Waals surface area contributed by atoms with E-state index in [1.54, 1.807) is 0 Å². The monoisotopic (exact) mass is 376 g/mol. The Morgan fingerprint density at radius 2 is 0.846 bits per heavy atom. The van der Waals surface area contributed by atoms with E-state index < -0.39 is 36.5 Å². The van der Waals surface area contributed by atoms with Crippen LogP contribution < -0.4 is 0 Å². The molecule has 0 fully saturated rings. The van der Waals surface area contributed by atoms with Crippen LogP contribution >= 0.6 is 0 Å². The van der Waals surface area contributed by atoms with Gasteiger partial charge in [-0.05, 0) is 40.4 Å². The van der Waals surface area contributed by atoms with Crippen molar-refractivity contribution < 1.29 is 28.0 Å². The van der Waals surface area contributed by atoms with Crippen molar-refractivity contribution in [2.24, 2.45) is 10.8 Å². The Morgan fingerprint density at radius 1 is 0.615 bits per heavy atom. The fourth-order valence-corrected chi connectivity index (χ4v) is 2.94. The number of hydrogen-bond acceptors (Lipinski definition) is 2. The number of carbonyl (C=O) groups is 2. The molecule has 0 aliphatic carbocycles. The van der Waals surface area contributed by atoms with Crippen LogP contribution in [0.4, 0.5) is 0 Å². The summed E-state index contributed by atoms with van der Waals surface area (Å²) in [5.41, 5.74) is -3.35. The molecule has 2 N–H and O–H groups in total. The highest BCUT2D eigenvalue weighted by Gasteiger charge is 2.26. The first-order valence-corrected chi connectivity index (χ1v) is 10.1. The van der Waals surface area contributed by atoms with E-state index in [1.165, 1.54) is 13.8 Å². The number of unbranched alkanes of at least 4 members (excludes halogenated alkanes) is 11. The van der Waals surface area contributed by atoms with E-state index in [9.17, 15) is 19.8 Å². The molecule has 2 atom stereocenters. The molecule has 0 saturated carbocycles. The normalized spacial score (nSPS) is 20.4. The summed E-state index contributed by atoms with van der Waals surface area (Å²) in [7, 11) is 0. The van der Waals surface area contributed by atoms with E-state index in [0.29, 0.717) is 12.8 Å². The third-order valence-corrected chi connectivity index (χ3v) is 5.05. The van der Waals surface area contributed by atoms with Gasteiger partial charge in [0, 0.05) is 8.22 Å². The van der Waals surface area contributed by atoms with Crippen LogP contribution in [0.2, 0.25) is 0 Å². The third kappa shape index (κ3) is 12.3. The lowest BCUT2D eigenvalue weighted by Crippen LogP contribution is -2.23. The van der Waals surface area contributed by atoms with E-state index in [1.807, 2.05) is 0 Å². The molecule has 154 valence electrons. The summed E-state index contributed by atoms with van der Waals surface area (Å²) < 4.78 is 44.7. The van der Waals surface area contributed by atoms with Gasteiger partial charge in [0.25, 0.3) is 0 Å². The van der Waals surface area contributed by atoms with Crippen molar-refractivity contribution in [3.05, 3.63) is 0 Å². The third-order valence-electron chi connectivity index (χ3n) is 5.05. The molecular weight excluding hydrogens is 328 g/mol. The summed E-state index contributed by atoms with van der Waals surface area (Å²) in [5.74, 6) is -2.52. The average Bonchev–Trinajstić information content (AvgIpc) is 2.65. The molecule has 0 aromatic carbocycles. The Morgan fingerprint density at radius 3 is 1.04 bits per heavy atom. The van der Waals surface area contributed by atoms with Gasteiger partial charge in [-0.3, -0.25) is 9.59 Å². The molecule has 0 aromatic heterocycles. The number of carboxylic acid groups (broad SMARTS) is 2. The van der Waals surface area contributed by atoms with Gasteiger partial charge in [0.15, 0.2) is 0 Å². The molecule has 0 spiro atoms. The molecule has 4 heteroatoms. The minimum absolute atomic E-state index is 0.164. The average molecular weight is 377 g/mol. The van der Waals surface area contributed by atoms with Crippen LogP contribution in [0.5, 0.6) is 0 Å². The molecule has 0 saturated heterocycles. The van der Waals surface area contributed by atoms with Crippen LogP contribution in [0.1, 0.15) is 126 Å². The molecule has 0 rings (SSSR count). The highest BCUT2D eigenvalue weighted by molar-refractivity contribution is 5.73. The van der Waals surface area contributed by atoms with Crippen LogP contribution in [0.3, 0.4) is 0 Å². The summed E-state index contributed by atoms with van der Waals surface area (Å²) in [5, 5.41) is 18.5. The van der Waals surface area contributed by atoms with Crippen LogP contribution in [0, 0.1) is 10.8 Å². The highest BCUT2D eigenvalue weighted by atomic mass is 16.4. The standard InChI is InChI=1S/C22H42O4/c1-21(2,19(23)24)17-15-13-11-9-7-5-6-8-10-12-14-16-18-22(3,4)20(25)26/h5-18H2,1-4H3,(H,23,24)(H,25,26)/i1D3,3D3. The summed E-state index contributed by atoms with van der Waals surface area (Å²) in [6.45, 7) is -2.38. The second-order valence-corrected chi connectivity index (χ2v) is 8.02. The van der Waals surface area contributed by atoms with Gasteiger partial charge in [0.05, 0.1) is 10.8 Å². The van der Waals surface area contributed by atoms with E-state index in [2.05, 4.69) is 0 Å². The molecule has 0 radical (unpaired) electrons. The van der Waals surface area contributed by atoms with Crippen LogP contribution in [0.15, 0.2) is 0 Å². The van der Waals surface area contributed by atoms with Gasteiger partial charge < -0.3 is 10.2 Å². The van der Waals surface area contributed by atoms with E-state index in [0.717, 1.165) is 64.2 Å². The van der Waals surface area contributed by atoms with E-state index in [4.69, 9.17) is 8.22 Å². The molecular formula is C22H42O4. The zero-order valence-electron chi connectivity index (χ0n) is 22.6. The number of aliphatic carboxylic acids is 2. The SMILES string of the molecule is [2H]C([2H])([2H])C(C)(CCCCCCCCCCCCCCC(C)(C(=O)O)C([2H])([2H])[2H])C(=O)O. The van der Waals surface area contributed by atoms with Crippen LogP contribution in [-0.4, -0.2) is 22.2 Å². The second-order valence-electron chi connectivity index (χ2n) is 8.02. The van der Waals surface area contributed by atoms with Gasteiger partial charge in [-0.15, -0.1) is 0 Å². The van der Waals surface area contributed by atoms with Gasteiger partial charge in [0.1, 0.15) is 0 Å². The first-order valence-electron chi connectivity index (χ1n) is 13.1. The molecule has 0 bridgehead atoms. The van der Waals surface area contributed by atoms with Crippen molar-refractivity contribution in [1.82, 2.24) is 0 Å². The van der Waals surface area contributed by atoms with Crippen molar-refractivity contribution in [2.75, 3.05) is 0 Å². The summed E-state index contributed by atoms with van der Waals surface area (Å²) in [6.07, 6.45) is 11.7. The predicted octanol–water partition coefficient (Wildman–Crippen LogP) is 6.67. The van der Waals surface area contributed by atoms with Crippen molar-refractivity contribution in [1.29, 1.82) is 0 Å². The maximum absolute atomic E-state index is 11.3. The minimum Gasteiger partial charge on any atom is -0.481 e. The zero-order valence-corrected chi connectivity index (χ0v) is 16.6. The van der Waals surface area contributed by atoms with E-state index in [-0.39, 0.29) is 12.8 Å². The topological polar surface area (TPSA) is 74.6 Å². The number of carboxylic acids is 2. The molecule has 2 unspecified atom stereocenters. The van der Waals surface area contributed by atoms with Crippen molar-refractivity contribution >= 4 is 11.9 Å². The molecule has 0 aliphatic heterocycles. The lowest BCUT2D eigenvalue weighted by molar-refractivity contribution is -0.148. The lowest BCUT2D eigenvalue weighted by Gasteiger charge is -2.18. The Hall–Kier alpha value is -1.06. The molecule has 0 aliphatic rings. The Labute approximate surface area is 169 Å². The number of rotatable bonds is 17. The Bertz CT molecular complexity index is 526. The minimum atomic E-state index is -2.50. The van der Waals surface area contributed by atoms with E-state index >= 15 is 0 Å². The molecule has 0 heterocycles. The number of hydrogen-bond donors (Lipinski definition) is 2. The first kappa shape index (κ1) is 15.9. The smallest absolute Gasteiger partial charge is 0.309 e. The Kier molecular flexibility index (Phi) is 8.07. The largest absolute Gasteiger partial charge is 0.481 e. The fraction of sp³-hybridized carbons (Fsp3) is 0.909. The van der Waals surface area contributed by atoms with Crippen LogP contribution in [-0.2, 0) is 9.59 Å². The molecule has 4 nitrogen and oxygen atoms in total. The maximum Gasteiger partial charge on any atom is 0.309 e. The quantitative estimate of drug-likeness (QED) is 0.278. The Balaban J connectivity index is 3.75. The van der Waals surface area contributed by atoms with Crippen molar-refractivity contribution in [3.63, 3.8) is 0 Å². The molecule has 0 amide bonds. The van der Waals surface area contributed by atoms with Gasteiger partial charge >= 0.3 is 11.9 Å². The summed E-state index contributed by atoms with van der Waals surface area (Å²) in [6, 6.07) is 0. The van der Waals surface area contributed by atoms with Crippen LogP contribution in [0.25, 0.3) is 0 Å². The first-order chi connectivity index (χ1) is 14.6. The summed E-state index contributed by atoms with van der Waals surface area (Å²) >= 11 is 0. The lowest BCUT2D eigenvalue weighted by atomic mass is 9.87. The maximum atomic E-state index is 11.3. The van der Waals surface area contributed by atoms with Crippen molar-refractivity contribution in [2.45, 2.75) is 117 Å². The molecule has 0 aromatic rings. The van der Waals surface area contributed by atoms with Gasteiger partial charge in [0.2, 0.25) is 0 Å². The second kappa shape index (κ2) is 13.2. The molecule has 26 heavy (non-hydrogen) atoms. The van der Waals surface area contributed by atoms with Gasteiger partial charge in [-0.2, -0.15) is 0 Å². The predicted molar refractivity (Wildman–Crippen MR) is 107 cm³/mol. The van der Waals surface area contributed by atoms with Gasteiger partial charge in [-0.25, -0.2) is 0 Å². The zero-order chi connectivity index (χ0) is 25.1. The van der Waals surface area contributed by atoms with Gasteiger partial charge in [-0.1, -0.05) is 77.0 Å². The van der Waals surface area contributed by atoms with Crippen molar-refractivity contribution in [3.8, 4) is 0 Å². The highest BCUT2D eigenvalue weighted by Crippen LogP contribution is 2.25. The fourth-order valence-electron chi connectivity index (χ4n) is 2.94. The summed E-state index contributed by atoms with van der Waals surface area (Å²) in [4.78, 5) is 22.6.